The summed E-state index contributed by atoms with van der Waals surface area (Å²) < 4.78 is 48.8. The lowest BCUT2D eigenvalue weighted by Crippen LogP contribution is -2.21. The lowest BCUT2D eigenvalue weighted by atomic mass is 9.89. The normalized spacial score (nSPS) is 23.9. The number of carbonyl (C=O) groups is 1. The number of alkyl halides is 3. The molecule has 0 aromatic heterocycles. The van der Waals surface area contributed by atoms with Gasteiger partial charge in [-0.2, -0.15) is 13.2 Å². The quantitative estimate of drug-likeness (QED) is 0.223. The van der Waals surface area contributed by atoms with Gasteiger partial charge in [-0.05, 0) is 57.2 Å². The number of carbonyl (C=O) groups excluding carboxylic acids is 1. The van der Waals surface area contributed by atoms with Crippen LogP contribution >= 0.6 is 0 Å². The van der Waals surface area contributed by atoms with E-state index in [1.165, 1.54) is 18.2 Å². The van der Waals surface area contributed by atoms with Crippen LogP contribution in [-0.4, -0.2) is 52.3 Å². The minimum Gasteiger partial charge on any atom is -0.491 e. The molecule has 3 N–H and O–H groups in total. The van der Waals surface area contributed by atoms with E-state index in [0.29, 0.717) is 25.7 Å². The average Bonchev–Trinajstić information content (AvgIpc) is 3.04. The maximum atomic E-state index is 12.8. The van der Waals surface area contributed by atoms with Crippen molar-refractivity contribution in [3.63, 3.8) is 0 Å². The second-order valence-electron chi connectivity index (χ2n) is 9.04. The molecule has 1 fully saturated rings. The van der Waals surface area contributed by atoms with Crippen LogP contribution in [0.15, 0.2) is 48.6 Å². The Kier molecular flexibility index (Phi) is 11.3. The van der Waals surface area contributed by atoms with Gasteiger partial charge in [-0.3, -0.25) is 4.79 Å². The lowest BCUT2D eigenvalue weighted by molar-refractivity contribution is -0.147. The minimum absolute atomic E-state index is 0.0101. The molecule has 196 valence electrons. The number of hydrogen-bond acceptors (Lipinski definition) is 6. The van der Waals surface area contributed by atoms with E-state index < -0.39 is 30.1 Å². The largest absolute Gasteiger partial charge is 0.491 e. The van der Waals surface area contributed by atoms with E-state index in [4.69, 9.17) is 9.47 Å². The number of hydrogen-bond donors (Lipinski definition) is 3. The Morgan fingerprint density at radius 3 is 2.63 bits per heavy atom. The fourth-order valence-corrected chi connectivity index (χ4v) is 4.02. The molecule has 0 aliphatic heterocycles. The molecule has 1 aliphatic carbocycles. The molecular formula is C26H35F3O6. The summed E-state index contributed by atoms with van der Waals surface area (Å²) in [5.74, 6) is -0.883. The third-order valence-electron chi connectivity index (χ3n) is 5.75. The number of unbranched alkanes of at least 4 members (excludes halogenated alkanes) is 1. The topological polar surface area (TPSA) is 96.2 Å². The van der Waals surface area contributed by atoms with Gasteiger partial charge in [0.1, 0.15) is 18.5 Å². The molecule has 1 saturated carbocycles. The summed E-state index contributed by atoms with van der Waals surface area (Å²) in [4.78, 5) is 11.5. The van der Waals surface area contributed by atoms with Gasteiger partial charge in [-0.25, -0.2) is 0 Å². The molecule has 5 atom stereocenters. The molecule has 9 heteroatoms. The monoisotopic (exact) mass is 500 g/mol. The number of allylic oxidation sites excluding steroid dienone is 2. The van der Waals surface area contributed by atoms with Crippen LogP contribution in [0.2, 0.25) is 0 Å². The van der Waals surface area contributed by atoms with Gasteiger partial charge in [0.2, 0.25) is 0 Å². The highest BCUT2D eigenvalue weighted by Gasteiger charge is 2.39. The van der Waals surface area contributed by atoms with Crippen molar-refractivity contribution in [2.75, 3.05) is 6.61 Å². The van der Waals surface area contributed by atoms with Crippen LogP contribution in [0.3, 0.4) is 0 Å². The molecular weight excluding hydrogens is 465 g/mol. The molecule has 1 aromatic rings. The van der Waals surface area contributed by atoms with Crippen LogP contribution in [0, 0.1) is 11.8 Å². The van der Waals surface area contributed by atoms with Gasteiger partial charge in [0, 0.05) is 18.8 Å². The zero-order valence-electron chi connectivity index (χ0n) is 20.0. The van der Waals surface area contributed by atoms with E-state index >= 15 is 0 Å². The maximum absolute atomic E-state index is 12.8. The Hall–Kier alpha value is -2.36. The van der Waals surface area contributed by atoms with Gasteiger partial charge in [0.15, 0.2) is 0 Å². The van der Waals surface area contributed by atoms with Gasteiger partial charge < -0.3 is 24.8 Å². The van der Waals surface area contributed by atoms with Crippen LogP contribution in [-0.2, 0) is 15.7 Å². The lowest BCUT2D eigenvalue weighted by Gasteiger charge is -2.19. The predicted molar refractivity (Wildman–Crippen MR) is 125 cm³/mol. The molecule has 4 unspecified atom stereocenters. The van der Waals surface area contributed by atoms with Crippen molar-refractivity contribution < 1.29 is 42.8 Å². The number of aliphatic hydroxyl groups excluding tert-OH is 3. The maximum Gasteiger partial charge on any atom is 0.416 e. The third kappa shape index (κ3) is 10.0. The van der Waals surface area contributed by atoms with Crippen LogP contribution in [0.1, 0.15) is 51.5 Å². The zero-order chi connectivity index (χ0) is 26.0. The second kappa shape index (κ2) is 13.7. The van der Waals surface area contributed by atoms with Gasteiger partial charge in [-0.1, -0.05) is 30.4 Å². The van der Waals surface area contributed by atoms with Crippen LogP contribution in [0.4, 0.5) is 13.2 Å². The highest BCUT2D eigenvalue weighted by Crippen LogP contribution is 2.36. The SMILES string of the molecule is CC(C)OC(=O)CCCC=CCC1C(O)CC(O)[C@@H]1C=CC(O)COc1cccc(C(F)(F)F)c1. The first-order valence-corrected chi connectivity index (χ1v) is 11.8. The summed E-state index contributed by atoms with van der Waals surface area (Å²) in [6.07, 6.45) is 2.09. The Bertz CT molecular complexity index is 852. The smallest absolute Gasteiger partial charge is 0.416 e. The third-order valence-corrected chi connectivity index (χ3v) is 5.75. The Morgan fingerprint density at radius 2 is 1.94 bits per heavy atom. The highest BCUT2D eigenvalue weighted by atomic mass is 19.4. The molecule has 0 saturated heterocycles. The Labute approximate surface area is 204 Å². The van der Waals surface area contributed by atoms with Crippen molar-refractivity contribution in [1.29, 1.82) is 0 Å². The predicted octanol–water partition coefficient (Wildman–Crippen LogP) is 4.43. The molecule has 0 bridgehead atoms. The molecule has 0 heterocycles. The number of esters is 1. The summed E-state index contributed by atoms with van der Waals surface area (Å²) in [7, 11) is 0. The van der Waals surface area contributed by atoms with Gasteiger partial charge in [0.25, 0.3) is 0 Å². The molecule has 6 nitrogen and oxygen atoms in total. The van der Waals surface area contributed by atoms with Crippen LogP contribution in [0.25, 0.3) is 0 Å². The first-order valence-electron chi connectivity index (χ1n) is 11.8. The molecule has 35 heavy (non-hydrogen) atoms. The van der Waals surface area contributed by atoms with E-state index in [0.717, 1.165) is 12.1 Å². The number of ether oxygens (including phenoxy) is 2. The van der Waals surface area contributed by atoms with Crippen LogP contribution in [0.5, 0.6) is 5.75 Å². The molecule has 0 radical (unpaired) electrons. The van der Waals surface area contributed by atoms with Crippen molar-refractivity contribution >= 4 is 5.97 Å². The first kappa shape index (κ1) is 28.9. The van der Waals surface area contributed by atoms with Gasteiger partial charge >= 0.3 is 12.1 Å². The van der Waals surface area contributed by atoms with E-state index in [1.807, 2.05) is 12.2 Å². The molecule has 0 amide bonds. The van der Waals surface area contributed by atoms with Crippen LogP contribution < -0.4 is 4.74 Å². The minimum atomic E-state index is -4.49. The fourth-order valence-electron chi connectivity index (χ4n) is 4.02. The summed E-state index contributed by atoms with van der Waals surface area (Å²) >= 11 is 0. The molecule has 1 aliphatic rings. The number of halogens is 3. The number of rotatable bonds is 12. The number of benzene rings is 1. The van der Waals surface area contributed by atoms with E-state index in [-0.39, 0.29) is 42.7 Å². The fraction of sp³-hybridized carbons (Fsp3) is 0.577. The van der Waals surface area contributed by atoms with Gasteiger partial charge in [-0.15, -0.1) is 0 Å². The Morgan fingerprint density at radius 1 is 1.20 bits per heavy atom. The van der Waals surface area contributed by atoms with E-state index in [9.17, 15) is 33.3 Å². The van der Waals surface area contributed by atoms with Crippen molar-refractivity contribution in [1.82, 2.24) is 0 Å². The number of aliphatic hydroxyl groups is 3. The summed E-state index contributed by atoms with van der Waals surface area (Å²) in [6.45, 7) is 3.34. The second-order valence-corrected chi connectivity index (χ2v) is 9.04. The van der Waals surface area contributed by atoms with Crippen molar-refractivity contribution in [3.05, 3.63) is 54.1 Å². The van der Waals surface area contributed by atoms with E-state index in [1.54, 1.807) is 19.9 Å². The van der Waals surface area contributed by atoms with Gasteiger partial charge in [0.05, 0.1) is 23.9 Å². The summed E-state index contributed by atoms with van der Waals surface area (Å²) in [5.41, 5.74) is -0.838. The molecule has 1 aromatic carbocycles. The summed E-state index contributed by atoms with van der Waals surface area (Å²) in [5, 5.41) is 30.8. The Balaban J connectivity index is 1.82. The molecule has 2 rings (SSSR count). The first-order chi connectivity index (χ1) is 16.5. The summed E-state index contributed by atoms with van der Waals surface area (Å²) in [6, 6.07) is 4.40. The average molecular weight is 501 g/mol. The van der Waals surface area contributed by atoms with Crippen molar-refractivity contribution in [2.45, 2.75) is 76.5 Å². The van der Waals surface area contributed by atoms with E-state index in [2.05, 4.69) is 0 Å². The van der Waals surface area contributed by atoms with Crippen molar-refractivity contribution in [2.24, 2.45) is 11.8 Å². The molecule has 0 spiro atoms. The highest BCUT2D eigenvalue weighted by molar-refractivity contribution is 5.69. The zero-order valence-corrected chi connectivity index (χ0v) is 20.0. The van der Waals surface area contributed by atoms with Crippen molar-refractivity contribution in [3.8, 4) is 5.75 Å². The standard InChI is InChI=1S/C26H35F3O6/c1-17(2)35-25(33)11-6-4-3-5-10-21-22(24(32)15-23(21)31)13-12-19(30)16-34-20-9-7-8-18(14-20)26(27,28)29/h3,5,7-9,12-14,17,19,21-24,30-32H,4,6,10-11,15-16H2,1-2H3/t19?,21?,22-,23?,24?/m1/s1.